The van der Waals surface area contributed by atoms with E-state index in [0.29, 0.717) is 36.1 Å². The maximum atomic E-state index is 12.3. The first-order valence-corrected chi connectivity index (χ1v) is 8.01. The molecule has 5 heteroatoms. The molecule has 2 aromatic carbocycles. The molecule has 1 amide bonds. The van der Waals surface area contributed by atoms with E-state index in [9.17, 15) is 4.79 Å². The van der Waals surface area contributed by atoms with Gasteiger partial charge < -0.3 is 19.5 Å². The molecule has 0 atom stereocenters. The third-order valence-electron chi connectivity index (χ3n) is 3.57. The van der Waals surface area contributed by atoms with E-state index in [1.54, 1.807) is 12.1 Å². The minimum Gasteiger partial charge on any atom is -0.493 e. The van der Waals surface area contributed by atoms with E-state index in [-0.39, 0.29) is 12.7 Å². The Hall–Kier alpha value is -2.69. The van der Waals surface area contributed by atoms with Gasteiger partial charge in [-0.1, -0.05) is 26.0 Å². The molecule has 1 N–H and O–H groups in total. The van der Waals surface area contributed by atoms with Crippen LogP contribution in [0.5, 0.6) is 17.2 Å². The average molecular weight is 327 g/mol. The molecule has 1 aliphatic rings. The predicted octanol–water partition coefficient (Wildman–Crippen LogP) is 3.38. The summed E-state index contributed by atoms with van der Waals surface area (Å²) in [7, 11) is 0. The van der Waals surface area contributed by atoms with Crippen molar-refractivity contribution in [1.29, 1.82) is 0 Å². The number of carbonyl (C=O) groups is 1. The zero-order chi connectivity index (χ0) is 16.9. The second-order valence-electron chi connectivity index (χ2n) is 6.10. The Bertz CT molecular complexity index is 727. The number of benzene rings is 2. The van der Waals surface area contributed by atoms with Crippen molar-refractivity contribution >= 4 is 5.91 Å². The van der Waals surface area contributed by atoms with Crippen molar-refractivity contribution in [2.75, 3.05) is 13.4 Å². The molecule has 126 valence electrons. The van der Waals surface area contributed by atoms with Crippen molar-refractivity contribution in [1.82, 2.24) is 5.32 Å². The lowest BCUT2D eigenvalue weighted by Crippen LogP contribution is -2.22. The van der Waals surface area contributed by atoms with Crippen LogP contribution in [-0.4, -0.2) is 19.3 Å². The molecule has 1 aliphatic heterocycles. The van der Waals surface area contributed by atoms with Gasteiger partial charge in [0.25, 0.3) is 5.91 Å². The molecule has 1 heterocycles. The van der Waals surface area contributed by atoms with Crippen LogP contribution in [0.1, 0.15) is 29.8 Å². The highest BCUT2D eigenvalue weighted by molar-refractivity contribution is 5.94. The molecule has 2 aromatic rings. The van der Waals surface area contributed by atoms with E-state index in [1.807, 2.05) is 30.3 Å². The van der Waals surface area contributed by atoms with E-state index in [1.165, 1.54) is 0 Å². The lowest BCUT2D eigenvalue weighted by molar-refractivity contribution is 0.0950. The van der Waals surface area contributed by atoms with Crippen molar-refractivity contribution < 1.29 is 19.0 Å². The first-order valence-electron chi connectivity index (χ1n) is 8.01. The Balaban J connectivity index is 1.59. The largest absolute Gasteiger partial charge is 0.493 e. The summed E-state index contributed by atoms with van der Waals surface area (Å²) in [6, 6.07) is 12.9. The number of carbonyl (C=O) groups excluding carboxylic acids is 1. The van der Waals surface area contributed by atoms with Crippen LogP contribution in [0.4, 0.5) is 0 Å². The zero-order valence-electron chi connectivity index (χ0n) is 13.9. The Morgan fingerprint density at radius 1 is 1.17 bits per heavy atom. The van der Waals surface area contributed by atoms with Gasteiger partial charge in [0.15, 0.2) is 11.5 Å². The predicted molar refractivity (Wildman–Crippen MR) is 90.5 cm³/mol. The summed E-state index contributed by atoms with van der Waals surface area (Å²) in [5.41, 5.74) is 1.54. The van der Waals surface area contributed by atoms with Crippen LogP contribution in [0, 0.1) is 5.92 Å². The van der Waals surface area contributed by atoms with Crippen LogP contribution < -0.4 is 19.5 Å². The van der Waals surface area contributed by atoms with Gasteiger partial charge >= 0.3 is 0 Å². The molecule has 0 spiro atoms. The van der Waals surface area contributed by atoms with Crippen molar-refractivity contribution in [3.8, 4) is 17.2 Å². The summed E-state index contributed by atoms with van der Waals surface area (Å²) in [5.74, 6) is 2.46. The second kappa shape index (κ2) is 7.25. The van der Waals surface area contributed by atoms with Crippen LogP contribution in [0.2, 0.25) is 0 Å². The zero-order valence-corrected chi connectivity index (χ0v) is 13.9. The molecule has 0 aliphatic carbocycles. The molecule has 0 saturated carbocycles. The summed E-state index contributed by atoms with van der Waals surface area (Å²) < 4.78 is 16.3. The van der Waals surface area contributed by atoms with Crippen molar-refractivity contribution in [3.63, 3.8) is 0 Å². The van der Waals surface area contributed by atoms with Gasteiger partial charge in [-0.3, -0.25) is 4.79 Å². The number of fused-ring (bicyclic) bond motifs is 1. The van der Waals surface area contributed by atoms with Crippen LogP contribution in [0.25, 0.3) is 0 Å². The average Bonchev–Trinajstić information content (AvgIpc) is 3.06. The Morgan fingerprint density at radius 3 is 2.83 bits per heavy atom. The van der Waals surface area contributed by atoms with E-state index in [2.05, 4.69) is 19.2 Å². The molecule has 0 bridgehead atoms. The minimum absolute atomic E-state index is 0.136. The van der Waals surface area contributed by atoms with Gasteiger partial charge in [-0.25, -0.2) is 0 Å². The van der Waals surface area contributed by atoms with Gasteiger partial charge in [0.05, 0.1) is 6.61 Å². The summed E-state index contributed by atoms with van der Waals surface area (Å²) in [6.45, 7) is 5.47. The fourth-order valence-corrected chi connectivity index (χ4v) is 2.33. The molecular weight excluding hydrogens is 306 g/mol. The van der Waals surface area contributed by atoms with Crippen molar-refractivity contribution in [2.45, 2.75) is 20.4 Å². The number of rotatable bonds is 6. The number of amides is 1. The molecule has 5 nitrogen and oxygen atoms in total. The van der Waals surface area contributed by atoms with Crippen LogP contribution in [0.3, 0.4) is 0 Å². The first-order chi connectivity index (χ1) is 11.6. The molecule has 0 aromatic heterocycles. The topological polar surface area (TPSA) is 56.8 Å². The lowest BCUT2D eigenvalue weighted by atomic mass is 10.1. The van der Waals surface area contributed by atoms with Crippen molar-refractivity contribution in [3.05, 3.63) is 53.6 Å². The molecule has 0 fully saturated rings. The smallest absolute Gasteiger partial charge is 0.251 e. The molecule has 0 radical (unpaired) electrons. The molecule has 0 saturated heterocycles. The van der Waals surface area contributed by atoms with Gasteiger partial charge in [0.2, 0.25) is 6.79 Å². The highest BCUT2D eigenvalue weighted by atomic mass is 16.7. The normalized spacial score (nSPS) is 12.3. The number of ether oxygens (including phenoxy) is 3. The highest BCUT2D eigenvalue weighted by Crippen LogP contribution is 2.32. The van der Waals surface area contributed by atoms with Gasteiger partial charge in [-0.15, -0.1) is 0 Å². The van der Waals surface area contributed by atoms with Crippen LogP contribution >= 0.6 is 0 Å². The maximum absolute atomic E-state index is 12.3. The van der Waals surface area contributed by atoms with Crippen molar-refractivity contribution in [2.24, 2.45) is 5.92 Å². The van der Waals surface area contributed by atoms with Crippen LogP contribution in [-0.2, 0) is 6.54 Å². The van der Waals surface area contributed by atoms with E-state index in [0.717, 1.165) is 11.3 Å². The fraction of sp³-hybridized carbons (Fsp3) is 0.316. The summed E-state index contributed by atoms with van der Waals surface area (Å²) in [4.78, 5) is 12.3. The fourth-order valence-electron chi connectivity index (χ4n) is 2.33. The van der Waals surface area contributed by atoms with E-state index in [4.69, 9.17) is 14.2 Å². The number of hydrogen-bond acceptors (Lipinski definition) is 4. The molecule has 3 rings (SSSR count). The summed E-state index contributed by atoms with van der Waals surface area (Å²) >= 11 is 0. The molecule has 0 unspecified atom stereocenters. The van der Waals surface area contributed by atoms with Gasteiger partial charge in [0, 0.05) is 12.1 Å². The quantitative estimate of drug-likeness (QED) is 0.884. The SMILES string of the molecule is CC(C)COc1cccc(C(=O)NCc2ccc3c(c2)OCO3)c1. The summed E-state index contributed by atoms with van der Waals surface area (Å²) in [6.07, 6.45) is 0. The molecular formula is C19H21NO4. The monoisotopic (exact) mass is 327 g/mol. The highest BCUT2D eigenvalue weighted by Gasteiger charge is 2.14. The minimum atomic E-state index is -0.136. The van der Waals surface area contributed by atoms with Gasteiger partial charge in [0.1, 0.15) is 5.75 Å². The lowest BCUT2D eigenvalue weighted by Gasteiger charge is -2.10. The summed E-state index contributed by atoms with van der Waals surface area (Å²) in [5, 5.41) is 2.91. The Morgan fingerprint density at radius 2 is 2.00 bits per heavy atom. The van der Waals surface area contributed by atoms with Crippen LogP contribution in [0.15, 0.2) is 42.5 Å². The Kier molecular flexibility index (Phi) is 4.89. The number of nitrogens with one attached hydrogen (secondary N) is 1. The first kappa shape index (κ1) is 16.2. The Labute approximate surface area is 141 Å². The number of hydrogen-bond donors (Lipinski definition) is 1. The van der Waals surface area contributed by atoms with Gasteiger partial charge in [-0.05, 0) is 41.8 Å². The van der Waals surface area contributed by atoms with Gasteiger partial charge in [-0.2, -0.15) is 0 Å². The van der Waals surface area contributed by atoms with E-state index >= 15 is 0 Å². The second-order valence-corrected chi connectivity index (χ2v) is 6.10. The standard InChI is InChI=1S/C19H21NO4/c1-13(2)11-22-16-5-3-4-15(9-16)19(21)20-10-14-6-7-17-18(8-14)24-12-23-17/h3-9,13H,10-12H2,1-2H3,(H,20,21). The molecule has 24 heavy (non-hydrogen) atoms. The maximum Gasteiger partial charge on any atom is 0.251 e. The third kappa shape index (κ3) is 3.98. The third-order valence-corrected chi connectivity index (χ3v) is 3.57. The van der Waals surface area contributed by atoms with E-state index < -0.39 is 0 Å².